The first-order valence-corrected chi connectivity index (χ1v) is 7.76. The molecule has 2 heteroatoms. The molecule has 0 aliphatic heterocycles. The summed E-state index contributed by atoms with van der Waals surface area (Å²) < 4.78 is 0. The third-order valence-corrected chi connectivity index (χ3v) is 3.74. The number of hydrogen-bond acceptors (Lipinski definition) is 2. The smallest absolute Gasteiger partial charge is 0.0431 e. The van der Waals surface area contributed by atoms with E-state index in [2.05, 4.69) is 18.7 Å². The van der Waals surface area contributed by atoms with Crippen LogP contribution in [0.1, 0.15) is 64.7 Å². The fraction of sp³-hybridized carbons (Fsp3) is 1.00. The summed E-state index contributed by atoms with van der Waals surface area (Å²) in [6.45, 7) is 2.63. The molecular weight excluding hydrogens is 204 g/mol. The van der Waals surface area contributed by atoms with Gasteiger partial charge in [-0.1, -0.05) is 45.4 Å². The van der Waals surface area contributed by atoms with Gasteiger partial charge in [-0.15, -0.1) is 0 Å². The van der Waals surface area contributed by atoms with Gasteiger partial charge in [0.2, 0.25) is 0 Å². The average molecular weight is 232 g/mol. The largest absolute Gasteiger partial charge is 0.396 e. The Kier molecular flexibility index (Phi) is 14.6. The first-order valence-electron chi connectivity index (χ1n) is 6.60. The van der Waals surface area contributed by atoms with Crippen molar-refractivity contribution >= 4 is 11.8 Å². The molecule has 1 nitrogen and oxygen atoms in total. The van der Waals surface area contributed by atoms with Crippen molar-refractivity contribution in [2.24, 2.45) is 0 Å². The van der Waals surface area contributed by atoms with Crippen molar-refractivity contribution in [3.63, 3.8) is 0 Å². The molecule has 0 aliphatic rings. The van der Waals surface area contributed by atoms with Crippen molar-refractivity contribution < 1.29 is 5.11 Å². The molecule has 0 unspecified atom stereocenters. The number of aliphatic hydroxyl groups is 1. The van der Waals surface area contributed by atoms with Crippen molar-refractivity contribution in [1.82, 2.24) is 0 Å². The Hall–Kier alpha value is 0.310. The summed E-state index contributed by atoms with van der Waals surface area (Å²) in [6.07, 6.45) is 11.8. The zero-order valence-electron chi connectivity index (χ0n) is 10.3. The van der Waals surface area contributed by atoms with Gasteiger partial charge in [0.05, 0.1) is 0 Å². The molecule has 15 heavy (non-hydrogen) atoms. The summed E-state index contributed by atoms with van der Waals surface area (Å²) in [5.41, 5.74) is 0. The summed E-state index contributed by atoms with van der Waals surface area (Å²) in [5, 5.41) is 8.61. The van der Waals surface area contributed by atoms with Gasteiger partial charge in [0.15, 0.2) is 0 Å². The normalized spacial score (nSPS) is 10.8. The Balaban J connectivity index is 2.81. The Labute approximate surface area is 100 Å². The molecule has 0 saturated heterocycles. The molecule has 0 rings (SSSR count). The van der Waals surface area contributed by atoms with Crippen LogP contribution in [0.15, 0.2) is 0 Å². The molecule has 0 heterocycles. The van der Waals surface area contributed by atoms with E-state index in [9.17, 15) is 0 Å². The molecule has 0 bridgehead atoms. The maximum atomic E-state index is 8.61. The van der Waals surface area contributed by atoms with E-state index in [-0.39, 0.29) is 0 Å². The van der Waals surface area contributed by atoms with E-state index in [1.807, 2.05) is 0 Å². The van der Waals surface area contributed by atoms with Crippen LogP contribution in [-0.2, 0) is 0 Å². The lowest BCUT2D eigenvalue weighted by molar-refractivity contribution is 0.282. The van der Waals surface area contributed by atoms with Crippen LogP contribution in [-0.4, -0.2) is 23.2 Å². The quantitative estimate of drug-likeness (QED) is 0.508. The number of aliphatic hydroxyl groups excluding tert-OH is 1. The zero-order valence-corrected chi connectivity index (χ0v) is 11.2. The SMILES string of the molecule is CCCCCSCCCCCCCCO. The van der Waals surface area contributed by atoms with Crippen molar-refractivity contribution in [3.8, 4) is 0 Å². The van der Waals surface area contributed by atoms with E-state index in [1.54, 1.807) is 0 Å². The molecule has 0 spiro atoms. The van der Waals surface area contributed by atoms with Gasteiger partial charge in [0, 0.05) is 6.61 Å². The fourth-order valence-corrected chi connectivity index (χ4v) is 2.60. The van der Waals surface area contributed by atoms with E-state index in [0.717, 1.165) is 6.42 Å². The molecule has 0 fully saturated rings. The predicted octanol–water partition coefficient (Wildman–Crippen LogP) is 4.24. The molecule has 0 saturated carbocycles. The van der Waals surface area contributed by atoms with Gasteiger partial charge >= 0.3 is 0 Å². The summed E-state index contributed by atoms with van der Waals surface area (Å²) in [6, 6.07) is 0. The summed E-state index contributed by atoms with van der Waals surface area (Å²) in [4.78, 5) is 0. The van der Waals surface area contributed by atoms with Crippen molar-refractivity contribution in [1.29, 1.82) is 0 Å². The molecule has 0 atom stereocenters. The van der Waals surface area contributed by atoms with Gasteiger partial charge in [-0.3, -0.25) is 0 Å². The molecule has 0 aliphatic carbocycles. The first kappa shape index (κ1) is 15.3. The van der Waals surface area contributed by atoms with Gasteiger partial charge < -0.3 is 5.11 Å². The van der Waals surface area contributed by atoms with Crippen LogP contribution in [0.4, 0.5) is 0 Å². The monoisotopic (exact) mass is 232 g/mol. The van der Waals surface area contributed by atoms with E-state index >= 15 is 0 Å². The fourth-order valence-electron chi connectivity index (χ4n) is 1.58. The molecular formula is C13H28OS. The van der Waals surface area contributed by atoms with Gasteiger partial charge in [-0.25, -0.2) is 0 Å². The predicted molar refractivity (Wildman–Crippen MR) is 71.6 cm³/mol. The number of rotatable bonds is 12. The number of unbranched alkanes of at least 4 members (excludes halogenated alkanes) is 7. The Morgan fingerprint density at radius 1 is 0.733 bits per heavy atom. The molecule has 1 N–H and O–H groups in total. The second-order valence-electron chi connectivity index (χ2n) is 4.16. The Bertz CT molecular complexity index is 94.7. The Morgan fingerprint density at radius 2 is 1.27 bits per heavy atom. The zero-order chi connectivity index (χ0) is 11.2. The van der Waals surface area contributed by atoms with Gasteiger partial charge in [-0.05, 0) is 30.8 Å². The van der Waals surface area contributed by atoms with Crippen LogP contribution in [0, 0.1) is 0 Å². The number of thioether (sulfide) groups is 1. The molecule has 0 radical (unpaired) electrons. The van der Waals surface area contributed by atoms with Crippen molar-refractivity contribution in [2.45, 2.75) is 64.7 Å². The van der Waals surface area contributed by atoms with Gasteiger partial charge in [-0.2, -0.15) is 11.8 Å². The summed E-state index contributed by atoms with van der Waals surface area (Å²) in [7, 11) is 0. The van der Waals surface area contributed by atoms with Gasteiger partial charge in [0.25, 0.3) is 0 Å². The lowest BCUT2D eigenvalue weighted by atomic mass is 10.1. The van der Waals surface area contributed by atoms with E-state index in [4.69, 9.17) is 5.11 Å². The second-order valence-corrected chi connectivity index (χ2v) is 5.39. The second kappa shape index (κ2) is 14.3. The lowest BCUT2D eigenvalue weighted by Crippen LogP contribution is -1.86. The highest BCUT2D eigenvalue weighted by Gasteiger charge is 1.92. The summed E-state index contributed by atoms with van der Waals surface area (Å²) >= 11 is 2.12. The minimum absolute atomic E-state index is 0.368. The minimum atomic E-state index is 0.368. The highest BCUT2D eigenvalue weighted by atomic mass is 32.2. The molecule has 92 valence electrons. The standard InChI is InChI=1S/C13H28OS/c1-2-3-9-12-15-13-10-7-5-4-6-8-11-14/h14H,2-13H2,1H3. The van der Waals surface area contributed by atoms with Crippen LogP contribution in [0.3, 0.4) is 0 Å². The minimum Gasteiger partial charge on any atom is -0.396 e. The maximum absolute atomic E-state index is 8.61. The number of hydrogen-bond donors (Lipinski definition) is 1. The highest BCUT2D eigenvalue weighted by Crippen LogP contribution is 2.11. The van der Waals surface area contributed by atoms with Crippen molar-refractivity contribution in [3.05, 3.63) is 0 Å². The average Bonchev–Trinajstić information content (AvgIpc) is 2.26. The molecule has 0 aromatic heterocycles. The van der Waals surface area contributed by atoms with Crippen molar-refractivity contribution in [2.75, 3.05) is 18.1 Å². The first-order chi connectivity index (χ1) is 7.41. The topological polar surface area (TPSA) is 20.2 Å². The van der Waals surface area contributed by atoms with E-state index in [0.29, 0.717) is 6.61 Å². The summed E-state index contributed by atoms with van der Waals surface area (Å²) in [5.74, 6) is 2.71. The van der Waals surface area contributed by atoms with Crippen LogP contribution < -0.4 is 0 Å². The third kappa shape index (κ3) is 14.3. The van der Waals surface area contributed by atoms with E-state index < -0.39 is 0 Å². The maximum Gasteiger partial charge on any atom is 0.0431 e. The Morgan fingerprint density at radius 3 is 1.87 bits per heavy atom. The van der Waals surface area contributed by atoms with Crippen LogP contribution in [0.25, 0.3) is 0 Å². The third-order valence-electron chi connectivity index (χ3n) is 2.59. The molecule has 0 aromatic rings. The van der Waals surface area contributed by atoms with Crippen LogP contribution >= 0.6 is 11.8 Å². The van der Waals surface area contributed by atoms with Crippen LogP contribution in [0.5, 0.6) is 0 Å². The van der Waals surface area contributed by atoms with Crippen LogP contribution in [0.2, 0.25) is 0 Å². The molecule has 0 amide bonds. The van der Waals surface area contributed by atoms with Gasteiger partial charge in [0.1, 0.15) is 0 Å². The lowest BCUT2D eigenvalue weighted by Gasteiger charge is -2.01. The van der Waals surface area contributed by atoms with E-state index in [1.165, 1.54) is 62.9 Å². The highest BCUT2D eigenvalue weighted by molar-refractivity contribution is 7.99. The molecule has 0 aromatic carbocycles.